The number of aliphatic hydroxyl groups excluding tert-OH is 1. The summed E-state index contributed by atoms with van der Waals surface area (Å²) >= 11 is 11.6. The molecule has 0 amide bonds. The summed E-state index contributed by atoms with van der Waals surface area (Å²) in [5, 5.41) is 8.06. The number of sulfonamides is 1. The van der Waals surface area contributed by atoms with E-state index >= 15 is 0 Å². The third-order valence-electron chi connectivity index (χ3n) is 2.01. The van der Waals surface area contributed by atoms with Gasteiger partial charge in [0.25, 0.3) is 6.43 Å². The number of aliphatic hydroxyl groups is 1. The van der Waals surface area contributed by atoms with Gasteiger partial charge in [0, 0.05) is 5.56 Å². The molecular formula is C11H9Cl2F2NO3S. The summed E-state index contributed by atoms with van der Waals surface area (Å²) in [6, 6.07) is 2.43. The van der Waals surface area contributed by atoms with Gasteiger partial charge in [0.05, 0.1) is 16.6 Å². The number of halogens is 4. The normalized spacial score (nSPS) is 11.3. The summed E-state index contributed by atoms with van der Waals surface area (Å²) in [6.07, 6.45) is -2.84. The Kier molecular flexibility index (Phi) is 6.17. The second kappa shape index (κ2) is 7.20. The Hall–Kier alpha value is -0.910. The number of nitrogens with one attached hydrogen (secondary N) is 1. The summed E-state index contributed by atoms with van der Waals surface area (Å²) in [7, 11) is -4.25. The van der Waals surface area contributed by atoms with Crippen molar-refractivity contribution < 1.29 is 22.3 Å². The summed E-state index contributed by atoms with van der Waals surface area (Å²) in [5.41, 5.74) is 0.293. The molecule has 0 radical (unpaired) electrons. The van der Waals surface area contributed by atoms with E-state index in [-0.39, 0.29) is 16.7 Å². The first-order valence-electron chi connectivity index (χ1n) is 5.14. The highest BCUT2D eigenvalue weighted by atomic mass is 35.5. The number of hydrogen-bond donors (Lipinski definition) is 2. The molecule has 9 heteroatoms. The van der Waals surface area contributed by atoms with Gasteiger partial charge in [0.15, 0.2) is 0 Å². The lowest BCUT2D eigenvalue weighted by Crippen LogP contribution is -2.29. The maximum Gasteiger partial charge on any atom is 0.251 e. The van der Waals surface area contributed by atoms with Crippen LogP contribution in [-0.2, 0) is 10.0 Å². The molecule has 4 nitrogen and oxygen atoms in total. The van der Waals surface area contributed by atoms with Gasteiger partial charge in [-0.1, -0.05) is 35.0 Å². The van der Waals surface area contributed by atoms with Crippen LogP contribution in [0.5, 0.6) is 0 Å². The second-order valence-electron chi connectivity index (χ2n) is 3.47. The predicted molar refractivity (Wildman–Crippen MR) is 71.6 cm³/mol. The highest BCUT2D eigenvalue weighted by Crippen LogP contribution is 2.30. The van der Waals surface area contributed by atoms with E-state index in [2.05, 4.69) is 11.8 Å². The van der Waals surface area contributed by atoms with Gasteiger partial charge >= 0.3 is 0 Å². The lowest BCUT2D eigenvalue weighted by molar-refractivity contribution is 0.153. The van der Waals surface area contributed by atoms with Crippen LogP contribution in [0.25, 0.3) is 0 Å². The summed E-state index contributed by atoms with van der Waals surface area (Å²) in [6.45, 7) is -1.42. The first-order chi connectivity index (χ1) is 9.27. The van der Waals surface area contributed by atoms with Crippen LogP contribution in [0, 0.1) is 11.8 Å². The zero-order valence-corrected chi connectivity index (χ0v) is 12.2. The van der Waals surface area contributed by atoms with E-state index in [1.165, 1.54) is 12.1 Å². The van der Waals surface area contributed by atoms with Crippen LogP contribution in [0.15, 0.2) is 17.0 Å². The maximum atomic E-state index is 12.1. The minimum atomic E-state index is -4.25. The highest BCUT2D eigenvalue weighted by molar-refractivity contribution is 7.89. The number of benzene rings is 1. The largest absolute Gasteiger partial charge is 0.384 e. The van der Waals surface area contributed by atoms with Crippen LogP contribution >= 0.6 is 23.2 Å². The molecule has 1 aromatic rings. The van der Waals surface area contributed by atoms with E-state index < -0.39 is 27.9 Å². The fourth-order valence-electron chi connectivity index (χ4n) is 1.28. The molecule has 0 aliphatic heterocycles. The Morgan fingerprint density at radius 1 is 1.30 bits per heavy atom. The number of rotatable bonds is 4. The molecule has 20 heavy (non-hydrogen) atoms. The van der Waals surface area contributed by atoms with Crippen LogP contribution in [0.3, 0.4) is 0 Å². The molecule has 0 fully saturated rings. The van der Waals surface area contributed by atoms with Crippen LogP contribution in [-0.4, -0.2) is 33.1 Å². The van der Waals surface area contributed by atoms with Gasteiger partial charge in [-0.25, -0.2) is 21.9 Å². The lowest BCUT2D eigenvalue weighted by atomic mass is 10.2. The molecule has 0 saturated heterocycles. The van der Waals surface area contributed by atoms with Crippen LogP contribution < -0.4 is 4.72 Å². The van der Waals surface area contributed by atoms with Crippen LogP contribution in [0.1, 0.15) is 5.56 Å². The first kappa shape index (κ1) is 17.1. The van der Waals surface area contributed by atoms with Gasteiger partial charge in [-0.3, -0.25) is 0 Å². The van der Waals surface area contributed by atoms with Crippen molar-refractivity contribution in [1.82, 2.24) is 4.72 Å². The van der Waals surface area contributed by atoms with Crippen molar-refractivity contribution in [1.29, 1.82) is 0 Å². The van der Waals surface area contributed by atoms with Gasteiger partial charge in [-0.05, 0) is 12.1 Å². The molecule has 1 rings (SSSR count). The number of alkyl halides is 2. The molecule has 0 heterocycles. The van der Waals surface area contributed by atoms with Gasteiger partial charge < -0.3 is 5.11 Å². The summed E-state index contributed by atoms with van der Waals surface area (Å²) < 4.78 is 49.4. The smallest absolute Gasteiger partial charge is 0.251 e. The Morgan fingerprint density at radius 2 is 1.85 bits per heavy atom. The number of hydrogen-bond acceptors (Lipinski definition) is 3. The quantitative estimate of drug-likeness (QED) is 0.820. The van der Waals surface area contributed by atoms with Gasteiger partial charge in [-0.15, -0.1) is 0 Å². The van der Waals surface area contributed by atoms with Crippen molar-refractivity contribution in [3.05, 3.63) is 27.7 Å². The van der Waals surface area contributed by atoms with E-state index in [1.807, 2.05) is 0 Å². The maximum absolute atomic E-state index is 12.1. The molecule has 110 valence electrons. The molecule has 0 saturated carbocycles. The van der Waals surface area contributed by atoms with Crippen molar-refractivity contribution >= 4 is 33.2 Å². The standard InChI is InChI=1S/C11H9Cl2F2NO3S/c12-8-4-7(2-1-3-17)5-9(13)11(8)20(18,19)16-6-10(14)15/h4-5,10,16-17H,3,6H2. The molecule has 0 bridgehead atoms. The molecule has 0 aliphatic rings. The molecule has 0 spiro atoms. The Labute approximate surface area is 124 Å². The van der Waals surface area contributed by atoms with E-state index in [0.29, 0.717) is 5.56 Å². The molecule has 0 aliphatic carbocycles. The Bertz CT molecular complexity index is 630. The van der Waals surface area contributed by atoms with E-state index in [0.717, 1.165) is 0 Å². The van der Waals surface area contributed by atoms with Crippen molar-refractivity contribution in [2.45, 2.75) is 11.3 Å². The zero-order valence-electron chi connectivity index (χ0n) is 9.83. The summed E-state index contributed by atoms with van der Waals surface area (Å²) in [5.74, 6) is 4.84. The highest BCUT2D eigenvalue weighted by Gasteiger charge is 2.23. The monoisotopic (exact) mass is 343 g/mol. The van der Waals surface area contributed by atoms with E-state index in [9.17, 15) is 17.2 Å². The first-order valence-corrected chi connectivity index (χ1v) is 7.38. The van der Waals surface area contributed by atoms with Crippen LogP contribution in [0.2, 0.25) is 10.0 Å². The predicted octanol–water partition coefficient (Wildman–Crippen LogP) is 1.88. The molecule has 2 N–H and O–H groups in total. The van der Waals surface area contributed by atoms with Gasteiger partial charge in [-0.2, -0.15) is 0 Å². The van der Waals surface area contributed by atoms with E-state index in [4.69, 9.17) is 28.3 Å². The van der Waals surface area contributed by atoms with Crippen molar-refractivity contribution in [2.75, 3.05) is 13.2 Å². The lowest BCUT2D eigenvalue weighted by Gasteiger charge is -2.10. The third-order valence-corrected chi connectivity index (χ3v) is 4.35. The topological polar surface area (TPSA) is 66.4 Å². The minimum Gasteiger partial charge on any atom is -0.384 e. The molecule has 0 atom stereocenters. The van der Waals surface area contributed by atoms with Crippen molar-refractivity contribution in [3.8, 4) is 11.8 Å². The molecule has 1 aromatic carbocycles. The van der Waals surface area contributed by atoms with E-state index in [1.54, 1.807) is 4.72 Å². The third kappa shape index (κ3) is 4.58. The van der Waals surface area contributed by atoms with Gasteiger partial charge in [0.1, 0.15) is 11.5 Å². The molecular weight excluding hydrogens is 335 g/mol. The second-order valence-corrected chi connectivity index (χ2v) is 5.99. The average Bonchev–Trinajstić information content (AvgIpc) is 2.33. The zero-order chi connectivity index (χ0) is 15.3. The molecule has 0 aromatic heterocycles. The summed E-state index contributed by atoms with van der Waals surface area (Å²) in [4.78, 5) is -0.490. The SMILES string of the molecule is O=S(=O)(NCC(F)F)c1c(Cl)cc(C#CCO)cc1Cl. The van der Waals surface area contributed by atoms with Crippen molar-refractivity contribution in [3.63, 3.8) is 0 Å². The Morgan fingerprint density at radius 3 is 2.30 bits per heavy atom. The Balaban J connectivity index is 3.20. The fraction of sp³-hybridized carbons (Fsp3) is 0.273. The van der Waals surface area contributed by atoms with Crippen LogP contribution in [0.4, 0.5) is 8.78 Å². The minimum absolute atomic E-state index is 0.249. The fourth-order valence-corrected chi connectivity index (χ4v) is 3.49. The van der Waals surface area contributed by atoms with Crippen molar-refractivity contribution in [2.24, 2.45) is 0 Å². The molecule has 0 unspecified atom stereocenters. The average molecular weight is 344 g/mol. The van der Waals surface area contributed by atoms with Gasteiger partial charge in [0.2, 0.25) is 10.0 Å².